The van der Waals surface area contributed by atoms with E-state index in [4.69, 9.17) is 4.42 Å². The van der Waals surface area contributed by atoms with Crippen LogP contribution in [-0.4, -0.2) is 45.8 Å². The zero-order chi connectivity index (χ0) is 21.3. The van der Waals surface area contributed by atoms with E-state index >= 15 is 0 Å². The number of ether oxygens (including phenoxy) is 1. The molecule has 2 heterocycles. The van der Waals surface area contributed by atoms with Gasteiger partial charge in [-0.2, -0.15) is 4.31 Å². The van der Waals surface area contributed by atoms with Gasteiger partial charge in [0.1, 0.15) is 17.3 Å². The topological polar surface area (TPSA) is 93.9 Å². The Morgan fingerprint density at radius 2 is 1.66 bits per heavy atom. The van der Waals surface area contributed by atoms with Crippen LogP contribution in [0.1, 0.15) is 18.6 Å². The smallest absolute Gasteiger partial charge is 0.468 e. The molecule has 0 N–H and O–H groups in total. The average molecular weight is 453 g/mol. The quantitative estimate of drug-likeness (QED) is 0.668. The zero-order valence-electron chi connectivity index (χ0n) is 15.0. The number of benzene rings is 1. The van der Waals surface area contributed by atoms with Gasteiger partial charge in [-0.3, -0.25) is 0 Å². The number of piperidine rings is 1. The number of rotatable bonds is 6. The van der Waals surface area contributed by atoms with E-state index in [1.54, 1.807) is 12.1 Å². The largest absolute Gasteiger partial charge is 0.573 e. The van der Waals surface area contributed by atoms with Crippen molar-refractivity contribution in [1.82, 2.24) is 4.31 Å². The summed E-state index contributed by atoms with van der Waals surface area (Å²) in [6.07, 6.45) is -3.25. The van der Waals surface area contributed by atoms with Gasteiger partial charge in [0.25, 0.3) is 0 Å². The Balaban J connectivity index is 1.65. The van der Waals surface area contributed by atoms with Crippen molar-refractivity contribution in [2.45, 2.75) is 35.1 Å². The van der Waals surface area contributed by atoms with Crippen LogP contribution in [0, 0.1) is 0 Å². The SMILES string of the molecule is O=S(=O)(Cc1ccco1)C1CCN(S(=O)(=O)c2ccc(OC(F)(F)F)cc2)CC1. The number of hydrogen-bond acceptors (Lipinski definition) is 6. The van der Waals surface area contributed by atoms with Crippen molar-refractivity contribution >= 4 is 19.9 Å². The molecule has 1 saturated heterocycles. The minimum Gasteiger partial charge on any atom is -0.468 e. The van der Waals surface area contributed by atoms with Crippen LogP contribution >= 0.6 is 0 Å². The molecule has 12 heteroatoms. The van der Waals surface area contributed by atoms with E-state index in [0.717, 1.165) is 28.6 Å². The number of hydrogen-bond donors (Lipinski definition) is 0. The molecule has 1 fully saturated rings. The molecule has 7 nitrogen and oxygen atoms in total. The van der Waals surface area contributed by atoms with E-state index in [-0.39, 0.29) is 36.6 Å². The zero-order valence-corrected chi connectivity index (χ0v) is 16.6. The van der Waals surface area contributed by atoms with Crippen LogP contribution in [0.2, 0.25) is 0 Å². The molecule has 0 radical (unpaired) electrons. The van der Waals surface area contributed by atoms with Gasteiger partial charge in [0.15, 0.2) is 9.84 Å². The third-order valence-electron chi connectivity index (χ3n) is 4.53. The number of nitrogens with zero attached hydrogens (tertiary/aromatic N) is 1. The highest BCUT2D eigenvalue weighted by atomic mass is 32.2. The van der Waals surface area contributed by atoms with Gasteiger partial charge in [-0.25, -0.2) is 16.8 Å². The van der Waals surface area contributed by atoms with Crippen LogP contribution in [-0.2, 0) is 25.6 Å². The summed E-state index contributed by atoms with van der Waals surface area (Å²) in [6.45, 7) is -0.0175. The van der Waals surface area contributed by atoms with Crippen LogP contribution in [0.3, 0.4) is 0 Å². The summed E-state index contributed by atoms with van der Waals surface area (Å²) >= 11 is 0. The second-order valence-corrected chi connectivity index (χ2v) is 10.7. The van der Waals surface area contributed by atoms with Gasteiger partial charge in [-0.1, -0.05) is 0 Å². The maximum Gasteiger partial charge on any atom is 0.573 e. The lowest BCUT2D eigenvalue weighted by Crippen LogP contribution is -2.42. The van der Waals surface area contributed by atoms with Crippen molar-refractivity contribution in [3.63, 3.8) is 0 Å². The molecule has 1 aromatic carbocycles. The Kier molecular flexibility index (Phi) is 5.97. The summed E-state index contributed by atoms with van der Waals surface area (Å²) in [7, 11) is -7.46. The van der Waals surface area contributed by atoms with Crippen molar-refractivity contribution in [1.29, 1.82) is 0 Å². The highest BCUT2D eigenvalue weighted by Gasteiger charge is 2.36. The molecule has 160 valence electrons. The molecule has 0 amide bonds. The lowest BCUT2D eigenvalue weighted by molar-refractivity contribution is -0.274. The number of furan rings is 1. The van der Waals surface area contributed by atoms with Crippen LogP contribution in [0.25, 0.3) is 0 Å². The standard InChI is InChI=1S/C17H18F3NO6S2/c18-17(19,20)27-13-3-5-16(6-4-13)29(24,25)21-9-7-15(8-10-21)28(22,23)12-14-2-1-11-26-14/h1-6,11,15H,7-10,12H2. The number of halogens is 3. The fourth-order valence-electron chi connectivity index (χ4n) is 3.10. The van der Waals surface area contributed by atoms with Crippen LogP contribution in [0.5, 0.6) is 5.75 Å². The number of alkyl halides is 3. The van der Waals surface area contributed by atoms with E-state index < -0.39 is 37.2 Å². The molecule has 2 aromatic rings. The fraction of sp³-hybridized carbons (Fsp3) is 0.412. The fourth-order valence-corrected chi connectivity index (χ4v) is 6.30. The predicted molar refractivity (Wildman–Crippen MR) is 96.2 cm³/mol. The predicted octanol–water partition coefficient (Wildman–Crippen LogP) is 2.95. The first-order valence-corrected chi connectivity index (χ1v) is 11.7. The summed E-state index contributed by atoms with van der Waals surface area (Å²) in [6, 6.07) is 7.03. The Labute approximate surface area is 166 Å². The number of sulfone groups is 1. The van der Waals surface area contributed by atoms with E-state index in [1.165, 1.54) is 6.26 Å². The summed E-state index contributed by atoms with van der Waals surface area (Å²) in [4.78, 5) is -0.191. The maximum absolute atomic E-state index is 12.7. The second-order valence-electron chi connectivity index (χ2n) is 6.51. The van der Waals surface area contributed by atoms with E-state index in [9.17, 15) is 30.0 Å². The van der Waals surface area contributed by atoms with Gasteiger partial charge in [0, 0.05) is 13.1 Å². The minimum absolute atomic E-state index is 0.00874. The molecule has 0 spiro atoms. The van der Waals surface area contributed by atoms with Gasteiger partial charge >= 0.3 is 6.36 Å². The van der Waals surface area contributed by atoms with Gasteiger partial charge < -0.3 is 9.15 Å². The highest BCUT2D eigenvalue weighted by Crippen LogP contribution is 2.28. The van der Waals surface area contributed by atoms with Crippen LogP contribution < -0.4 is 4.74 Å². The lowest BCUT2D eigenvalue weighted by atomic mass is 10.2. The Morgan fingerprint density at radius 1 is 1.03 bits per heavy atom. The molecule has 0 bridgehead atoms. The third-order valence-corrected chi connectivity index (χ3v) is 8.61. The molecular formula is C17H18F3NO6S2. The van der Waals surface area contributed by atoms with Gasteiger partial charge in [-0.15, -0.1) is 13.2 Å². The molecule has 0 aliphatic carbocycles. The first-order valence-electron chi connectivity index (χ1n) is 8.57. The lowest BCUT2D eigenvalue weighted by Gasteiger charge is -2.30. The van der Waals surface area contributed by atoms with E-state index in [1.807, 2.05) is 0 Å². The van der Waals surface area contributed by atoms with Crippen LogP contribution in [0.15, 0.2) is 52.0 Å². The van der Waals surface area contributed by atoms with Crippen molar-refractivity contribution in [2.24, 2.45) is 0 Å². The Bertz CT molecular complexity index is 1020. The molecule has 0 saturated carbocycles. The van der Waals surface area contributed by atoms with Crippen LogP contribution in [0.4, 0.5) is 13.2 Å². The third kappa shape index (κ3) is 5.31. The maximum atomic E-state index is 12.7. The van der Waals surface area contributed by atoms with Gasteiger partial charge in [0.2, 0.25) is 10.0 Å². The monoisotopic (exact) mass is 453 g/mol. The summed E-state index contributed by atoms with van der Waals surface area (Å²) in [5, 5.41) is -0.693. The summed E-state index contributed by atoms with van der Waals surface area (Å²) < 4.78 is 97.0. The number of sulfonamides is 1. The molecular weight excluding hydrogens is 435 g/mol. The second kappa shape index (κ2) is 8.00. The van der Waals surface area contributed by atoms with Gasteiger partial charge in [-0.05, 0) is 49.2 Å². The average Bonchev–Trinajstić information content (AvgIpc) is 3.13. The molecule has 0 unspecified atom stereocenters. The Morgan fingerprint density at radius 3 is 2.17 bits per heavy atom. The van der Waals surface area contributed by atoms with Crippen molar-refractivity contribution in [3.05, 3.63) is 48.4 Å². The molecule has 1 aromatic heterocycles. The Hall–Kier alpha value is -2.05. The highest BCUT2D eigenvalue weighted by molar-refractivity contribution is 7.91. The molecule has 3 rings (SSSR count). The van der Waals surface area contributed by atoms with Gasteiger partial charge in [0.05, 0.1) is 16.4 Å². The summed E-state index contributed by atoms with van der Waals surface area (Å²) in [5.74, 6) is -0.460. The summed E-state index contributed by atoms with van der Waals surface area (Å²) in [5.41, 5.74) is 0. The van der Waals surface area contributed by atoms with Crippen molar-refractivity contribution in [3.8, 4) is 5.75 Å². The minimum atomic E-state index is -4.87. The first-order chi connectivity index (χ1) is 13.5. The van der Waals surface area contributed by atoms with Crippen molar-refractivity contribution in [2.75, 3.05) is 13.1 Å². The first kappa shape index (κ1) is 21.7. The molecule has 1 aliphatic rings. The van der Waals surface area contributed by atoms with E-state index in [2.05, 4.69) is 4.74 Å². The molecule has 29 heavy (non-hydrogen) atoms. The molecule has 0 atom stereocenters. The normalized spacial score (nSPS) is 17.3. The molecule has 1 aliphatic heterocycles. The van der Waals surface area contributed by atoms with E-state index in [0.29, 0.717) is 5.76 Å². The van der Waals surface area contributed by atoms with Crippen molar-refractivity contribution < 1.29 is 39.2 Å².